The van der Waals surface area contributed by atoms with Crippen LogP contribution in [0.15, 0.2) is 72.8 Å². The van der Waals surface area contributed by atoms with Gasteiger partial charge < -0.3 is 19.5 Å². The van der Waals surface area contributed by atoms with Gasteiger partial charge in [0, 0.05) is 12.1 Å². The number of anilines is 1. The lowest BCUT2D eigenvalue weighted by Crippen LogP contribution is -2.12. The molecular weight excluding hydrogens is 366 g/mol. The van der Waals surface area contributed by atoms with Crippen molar-refractivity contribution in [3.8, 4) is 17.2 Å². The molecule has 5 nitrogen and oxygen atoms in total. The van der Waals surface area contributed by atoms with Crippen molar-refractivity contribution in [2.75, 3.05) is 19.5 Å². The molecule has 0 unspecified atom stereocenters. The Balaban J connectivity index is 1.48. The Morgan fingerprint density at radius 3 is 2.24 bits per heavy atom. The first kappa shape index (κ1) is 20.3. The molecule has 0 atom stereocenters. The van der Waals surface area contributed by atoms with E-state index in [-0.39, 0.29) is 5.91 Å². The van der Waals surface area contributed by atoms with Crippen LogP contribution in [0.4, 0.5) is 5.69 Å². The second-order valence-electron chi connectivity index (χ2n) is 6.54. The molecule has 0 bridgehead atoms. The third-order valence-electron chi connectivity index (χ3n) is 4.48. The molecule has 3 rings (SSSR count). The van der Waals surface area contributed by atoms with E-state index in [4.69, 9.17) is 14.2 Å². The number of benzene rings is 3. The van der Waals surface area contributed by atoms with Crippen molar-refractivity contribution >= 4 is 11.6 Å². The SMILES string of the molecule is COc1ccc(CCC(=O)Nc2ccc(OCc3ccccc3)cc2)cc1OC. The van der Waals surface area contributed by atoms with Crippen molar-refractivity contribution in [3.05, 3.63) is 83.9 Å². The summed E-state index contributed by atoms with van der Waals surface area (Å²) in [5, 5.41) is 2.91. The Kier molecular flexibility index (Phi) is 7.11. The summed E-state index contributed by atoms with van der Waals surface area (Å²) in [6.07, 6.45) is 0.992. The smallest absolute Gasteiger partial charge is 0.224 e. The second kappa shape index (κ2) is 10.2. The maximum atomic E-state index is 12.3. The fourth-order valence-electron chi connectivity index (χ4n) is 2.89. The number of carbonyl (C=O) groups is 1. The molecule has 29 heavy (non-hydrogen) atoms. The molecule has 5 heteroatoms. The number of aryl methyl sites for hydroxylation is 1. The predicted octanol–water partition coefficient (Wildman–Crippen LogP) is 4.85. The first-order valence-corrected chi connectivity index (χ1v) is 9.45. The summed E-state index contributed by atoms with van der Waals surface area (Å²) < 4.78 is 16.3. The van der Waals surface area contributed by atoms with Crippen LogP contribution in [0.25, 0.3) is 0 Å². The Bertz CT molecular complexity index is 923. The minimum Gasteiger partial charge on any atom is -0.493 e. The lowest BCUT2D eigenvalue weighted by atomic mass is 10.1. The van der Waals surface area contributed by atoms with E-state index < -0.39 is 0 Å². The summed E-state index contributed by atoms with van der Waals surface area (Å²) in [6, 6.07) is 23.1. The van der Waals surface area contributed by atoms with E-state index in [1.54, 1.807) is 14.2 Å². The van der Waals surface area contributed by atoms with Crippen LogP contribution in [0.1, 0.15) is 17.5 Å². The topological polar surface area (TPSA) is 56.8 Å². The lowest BCUT2D eigenvalue weighted by Gasteiger charge is -2.10. The lowest BCUT2D eigenvalue weighted by molar-refractivity contribution is -0.116. The van der Waals surface area contributed by atoms with Crippen molar-refractivity contribution in [1.29, 1.82) is 0 Å². The Labute approximate surface area is 171 Å². The van der Waals surface area contributed by atoms with Crippen LogP contribution in [0, 0.1) is 0 Å². The number of hydrogen-bond acceptors (Lipinski definition) is 4. The standard InChI is InChI=1S/C24H25NO4/c1-27-22-14-8-18(16-23(22)28-2)9-15-24(26)25-20-10-12-21(13-11-20)29-17-19-6-4-3-5-7-19/h3-8,10-14,16H,9,15,17H2,1-2H3,(H,25,26). The first-order chi connectivity index (χ1) is 14.2. The largest absolute Gasteiger partial charge is 0.493 e. The zero-order valence-electron chi connectivity index (χ0n) is 16.7. The number of nitrogens with one attached hydrogen (secondary N) is 1. The summed E-state index contributed by atoms with van der Waals surface area (Å²) in [7, 11) is 3.20. The highest BCUT2D eigenvalue weighted by Crippen LogP contribution is 2.28. The van der Waals surface area contributed by atoms with Gasteiger partial charge in [-0.2, -0.15) is 0 Å². The molecule has 0 aliphatic carbocycles. The third-order valence-corrected chi connectivity index (χ3v) is 4.48. The molecule has 0 saturated carbocycles. The molecule has 0 spiro atoms. The Morgan fingerprint density at radius 2 is 1.55 bits per heavy atom. The number of ether oxygens (including phenoxy) is 3. The van der Waals surface area contributed by atoms with E-state index >= 15 is 0 Å². The fourth-order valence-corrected chi connectivity index (χ4v) is 2.89. The normalized spacial score (nSPS) is 10.3. The number of hydrogen-bond donors (Lipinski definition) is 1. The maximum absolute atomic E-state index is 12.3. The van der Waals surface area contributed by atoms with Crippen LogP contribution in [0.3, 0.4) is 0 Å². The molecule has 3 aromatic rings. The van der Waals surface area contributed by atoms with Crippen molar-refractivity contribution in [2.24, 2.45) is 0 Å². The average Bonchev–Trinajstić information content (AvgIpc) is 2.77. The van der Waals surface area contributed by atoms with Gasteiger partial charge in [0.1, 0.15) is 12.4 Å². The molecule has 0 aliphatic heterocycles. The van der Waals surface area contributed by atoms with Gasteiger partial charge in [0.05, 0.1) is 14.2 Å². The number of rotatable bonds is 9. The molecule has 0 saturated heterocycles. The highest BCUT2D eigenvalue weighted by Gasteiger charge is 2.07. The summed E-state index contributed by atoms with van der Waals surface area (Å²) in [6.45, 7) is 0.512. The highest BCUT2D eigenvalue weighted by atomic mass is 16.5. The van der Waals surface area contributed by atoms with Gasteiger partial charge in [-0.25, -0.2) is 0 Å². The van der Waals surface area contributed by atoms with E-state index in [0.29, 0.717) is 30.9 Å². The van der Waals surface area contributed by atoms with Crippen molar-refractivity contribution in [2.45, 2.75) is 19.4 Å². The summed E-state index contributed by atoms with van der Waals surface area (Å²) in [4.78, 5) is 12.3. The minimum atomic E-state index is -0.0438. The Morgan fingerprint density at radius 1 is 0.828 bits per heavy atom. The molecule has 0 heterocycles. The van der Waals surface area contributed by atoms with Gasteiger partial charge in [0.15, 0.2) is 11.5 Å². The van der Waals surface area contributed by atoms with Crippen LogP contribution >= 0.6 is 0 Å². The second-order valence-corrected chi connectivity index (χ2v) is 6.54. The molecular formula is C24H25NO4. The molecule has 0 aromatic heterocycles. The summed E-state index contributed by atoms with van der Waals surface area (Å²) in [5.41, 5.74) is 2.87. The van der Waals surface area contributed by atoms with Gasteiger partial charge in [-0.05, 0) is 53.9 Å². The van der Waals surface area contributed by atoms with Gasteiger partial charge >= 0.3 is 0 Å². The zero-order valence-corrected chi connectivity index (χ0v) is 16.7. The van der Waals surface area contributed by atoms with E-state index in [1.165, 1.54) is 0 Å². The number of amides is 1. The highest BCUT2D eigenvalue weighted by molar-refractivity contribution is 5.90. The predicted molar refractivity (Wildman–Crippen MR) is 114 cm³/mol. The van der Waals surface area contributed by atoms with Crippen LogP contribution < -0.4 is 19.5 Å². The van der Waals surface area contributed by atoms with E-state index in [0.717, 1.165) is 22.6 Å². The molecule has 3 aromatic carbocycles. The molecule has 0 aliphatic rings. The number of carbonyl (C=O) groups excluding carboxylic acids is 1. The van der Waals surface area contributed by atoms with Crippen molar-refractivity contribution in [3.63, 3.8) is 0 Å². The van der Waals surface area contributed by atoms with Gasteiger partial charge in [0.25, 0.3) is 0 Å². The molecule has 1 amide bonds. The van der Waals surface area contributed by atoms with Gasteiger partial charge in [-0.1, -0.05) is 36.4 Å². The summed E-state index contributed by atoms with van der Waals surface area (Å²) >= 11 is 0. The Hall–Kier alpha value is -3.47. The zero-order chi connectivity index (χ0) is 20.5. The van der Waals surface area contributed by atoms with E-state index in [9.17, 15) is 4.79 Å². The van der Waals surface area contributed by atoms with Gasteiger partial charge in [-0.15, -0.1) is 0 Å². The third kappa shape index (κ3) is 6.01. The van der Waals surface area contributed by atoms with Crippen molar-refractivity contribution < 1.29 is 19.0 Å². The van der Waals surface area contributed by atoms with Crippen molar-refractivity contribution in [1.82, 2.24) is 0 Å². The van der Waals surface area contributed by atoms with Crippen LogP contribution in [-0.4, -0.2) is 20.1 Å². The minimum absolute atomic E-state index is 0.0438. The van der Waals surface area contributed by atoms with Gasteiger partial charge in [0.2, 0.25) is 5.91 Å². The average molecular weight is 391 g/mol. The van der Waals surface area contributed by atoms with Crippen LogP contribution in [0.5, 0.6) is 17.2 Å². The molecule has 0 fully saturated rings. The van der Waals surface area contributed by atoms with Crippen LogP contribution in [-0.2, 0) is 17.8 Å². The maximum Gasteiger partial charge on any atom is 0.224 e. The first-order valence-electron chi connectivity index (χ1n) is 9.45. The molecule has 1 N–H and O–H groups in total. The fraction of sp³-hybridized carbons (Fsp3) is 0.208. The molecule has 150 valence electrons. The van der Waals surface area contributed by atoms with E-state index in [1.807, 2.05) is 72.8 Å². The monoisotopic (exact) mass is 391 g/mol. The number of methoxy groups -OCH3 is 2. The quantitative estimate of drug-likeness (QED) is 0.566. The van der Waals surface area contributed by atoms with Crippen LogP contribution in [0.2, 0.25) is 0 Å². The van der Waals surface area contributed by atoms with E-state index in [2.05, 4.69) is 5.32 Å². The van der Waals surface area contributed by atoms with Gasteiger partial charge in [-0.3, -0.25) is 4.79 Å². The summed E-state index contributed by atoms with van der Waals surface area (Å²) in [5.74, 6) is 2.06. The molecule has 0 radical (unpaired) electrons.